The Bertz CT molecular complexity index is 71.3. The van der Waals surface area contributed by atoms with Crippen LogP contribution in [0.3, 0.4) is 0 Å². The van der Waals surface area contributed by atoms with E-state index in [-0.39, 0.29) is 0 Å². The fourth-order valence-corrected chi connectivity index (χ4v) is 1.23. The van der Waals surface area contributed by atoms with E-state index in [0.717, 1.165) is 4.59 Å². The lowest BCUT2D eigenvalue weighted by Crippen LogP contribution is -2.53. The van der Waals surface area contributed by atoms with E-state index in [0.29, 0.717) is 0 Å². The normalized spacial score (nSPS) is 22.8. The zero-order valence-corrected chi connectivity index (χ0v) is 7.56. The van der Waals surface area contributed by atoms with Crippen LogP contribution in [0.15, 0.2) is 0 Å². The largest absolute Gasteiger partial charge is 0.251 e. The van der Waals surface area contributed by atoms with E-state index >= 15 is 0 Å². The van der Waals surface area contributed by atoms with Gasteiger partial charge < -0.3 is 0 Å². The third kappa shape index (κ3) is 3.85. The van der Waals surface area contributed by atoms with Crippen molar-refractivity contribution in [3.8, 4) is 0 Å². The third-order valence-electron chi connectivity index (χ3n) is 1.84. The highest BCUT2D eigenvalue weighted by Crippen LogP contribution is 2.09. The molecule has 0 amide bonds. The van der Waals surface area contributed by atoms with Crippen molar-refractivity contribution in [3.05, 3.63) is 0 Å². The molecule has 0 radical (unpaired) electrons. The molecule has 0 aromatic heterocycles. The molecule has 0 unspecified atom stereocenters. The Labute approximate surface area is 64.6 Å². The van der Waals surface area contributed by atoms with Crippen LogP contribution in [0.4, 0.5) is 0 Å². The van der Waals surface area contributed by atoms with Gasteiger partial charge >= 0.3 is 0 Å². The molecule has 1 aliphatic heterocycles. The molecule has 1 rings (SSSR count). The van der Waals surface area contributed by atoms with Crippen molar-refractivity contribution in [1.82, 2.24) is 0 Å². The summed E-state index contributed by atoms with van der Waals surface area (Å²) < 4.78 is 0.750. The molecule has 1 heterocycles. The van der Waals surface area contributed by atoms with Gasteiger partial charge in [0.15, 0.2) is 0 Å². The van der Waals surface area contributed by atoms with Crippen molar-refractivity contribution in [2.75, 3.05) is 20.1 Å². The van der Waals surface area contributed by atoms with Gasteiger partial charge in [0.05, 0.1) is 20.1 Å². The van der Waals surface area contributed by atoms with E-state index in [1.165, 1.54) is 32.4 Å². The topological polar surface area (TPSA) is 26.0 Å². The van der Waals surface area contributed by atoms with E-state index in [4.69, 9.17) is 5.84 Å². The average Bonchev–Trinajstić information content (AvgIpc) is 1.92. The maximum absolute atomic E-state index is 5.82. The number of nitrogens with two attached hydrogens (primary N) is 1. The Hall–Kier alpha value is -0.0800. The summed E-state index contributed by atoms with van der Waals surface area (Å²) >= 11 is 0. The molecule has 10 heavy (non-hydrogen) atoms. The van der Waals surface area contributed by atoms with Gasteiger partial charge in [0, 0.05) is 0 Å². The number of nitrogens with zero attached hydrogens (tertiary/aromatic N) is 1. The van der Waals surface area contributed by atoms with Crippen LogP contribution in [0.1, 0.15) is 33.1 Å². The number of hydrogen-bond donors (Lipinski definition) is 1. The van der Waals surface area contributed by atoms with Crippen molar-refractivity contribution in [3.63, 3.8) is 0 Å². The standard InChI is InChI=1S/C6H15N2.C2H6/c1-8(7)5-3-2-4-6-8;1-2/h2-7H2,1H3;1-2H3/q+1;. The Morgan fingerprint density at radius 1 is 1.00 bits per heavy atom. The van der Waals surface area contributed by atoms with Crippen molar-refractivity contribution >= 4 is 0 Å². The van der Waals surface area contributed by atoms with Gasteiger partial charge in [-0.3, -0.25) is 4.59 Å². The molecule has 0 bridgehead atoms. The molecule has 0 saturated carbocycles. The lowest BCUT2D eigenvalue weighted by atomic mass is 10.1. The van der Waals surface area contributed by atoms with E-state index in [1.807, 2.05) is 13.8 Å². The fraction of sp³-hybridized carbons (Fsp3) is 1.00. The molecule has 1 saturated heterocycles. The van der Waals surface area contributed by atoms with Crippen LogP contribution >= 0.6 is 0 Å². The first-order chi connectivity index (χ1) is 4.71. The Morgan fingerprint density at radius 3 is 1.60 bits per heavy atom. The van der Waals surface area contributed by atoms with Crippen LogP contribution in [0.2, 0.25) is 0 Å². The molecule has 2 heteroatoms. The number of hydrogen-bond acceptors (Lipinski definition) is 1. The molecule has 0 atom stereocenters. The highest BCUT2D eigenvalue weighted by atomic mass is 15.6. The summed E-state index contributed by atoms with van der Waals surface area (Å²) in [6, 6.07) is 0. The number of quaternary nitrogens is 1. The molecule has 62 valence electrons. The molecule has 0 aromatic carbocycles. The minimum absolute atomic E-state index is 0.750. The first kappa shape index (κ1) is 9.92. The van der Waals surface area contributed by atoms with E-state index in [1.54, 1.807) is 0 Å². The van der Waals surface area contributed by atoms with Gasteiger partial charge in [-0.25, -0.2) is 0 Å². The van der Waals surface area contributed by atoms with Gasteiger partial charge in [0.25, 0.3) is 0 Å². The highest BCUT2D eigenvalue weighted by molar-refractivity contribution is 4.46. The van der Waals surface area contributed by atoms with Gasteiger partial charge in [-0.15, -0.1) is 0 Å². The molecular formula is C8H21N2+. The smallest absolute Gasteiger partial charge is 0.0958 e. The van der Waals surface area contributed by atoms with E-state index in [2.05, 4.69) is 7.05 Å². The summed E-state index contributed by atoms with van der Waals surface area (Å²) in [5.74, 6) is 5.82. The van der Waals surface area contributed by atoms with Crippen LogP contribution < -0.4 is 5.84 Å². The molecule has 1 fully saturated rings. The number of rotatable bonds is 0. The third-order valence-corrected chi connectivity index (χ3v) is 1.84. The van der Waals surface area contributed by atoms with E-state index < -0.39 is 0 Å². The minimum Gasteiger partial charge on any atom is -0.251 e. The first-order valence-electron chi connectivity index (χ1n) is 4.34. The summed E-state index contributed by atoms with van der Waals surface area (Å²) in [6.07, 6.45) is 4.00. The van der Waals surface area contributed by atoms with Crippen LogP contribution in [0.5, 0.6) is 0 Å². The van der Waals surface area contributed by atoms with Crippen molar-refractivity contribution < 1.29 is 4.59 Å². The minimum atomic E-state index is 0.750. The SMILES string of the molecule is CC.C[N+]1(N)CCCCC1. The molecule has 1 aliphatic rings. The Kier molecular flexibility index (Phi) is 4.65. The molecule has 0 aromatic rings. The zero-order chi connectivity index (χ0) is 8.04. The van der Waals surface area contributed by atoms with Crippen LogP contribution in [0.25, 0.3) is 0 Å². The summed E-state index contributed by atoms with van der Waals surface area (Å²) in [5, 5.41) is 0. The second-order valence-electron chi connectivity index (χ2n) is 2.99. The van der Waals surface area contributed by atoms with Gasteiger partial charge in [-0.05, 0) is 19.3 Å². The van der Waals surface area contributed by atoms with E-state index in [9.17, 15) is 0 Å². The quantitative estimate of drug-likeness (QED) is 0.406. The van der Waals surface area contributed by atoms with Crippen molar-refractivity contribution in [1.29, 1.82) is 0 Å². The summed E-state index contributed by atoms with van der Waals surface area (Å²) in [5.41, 5.74) is 0. The van der Waals surface area contributed by atoms with Gasteiger partial charge in [0.1, 0.15) is 0 Å². The second-order valence-corrected chi connectivity index (χ2v) is 2.99. The highest BCUT2D eigenvalue weighted by Gasteiger charge is 2.19. The second kappa shape index (κ2) is 4.69. The number of piperidine rings is 1. The Morgan fingerprint density at radius 2 is 1.40 bits per heavy atom. The lowest BCUT2D eigenvalue weighted by molar-refractivity contribution is -0.925. The lowest BCUT2D eigenvalue weighted by Gasteiger charge is -2.31. The first-order valence-corrected chi connectivity index (χ1v) is 4.34. The summed E-state index contributed by atoms with van der Waals surface area (Å²) in [7, 11) is 2.10. The van der Waals surface area contributed by atoms with Gasteiger partial charge in [0.2, 0.25) is 0 Å². The molecule has 2 nitrogen and oxygen atoms in total. The van der Waals surface area contributed by atoms with Gasteiger partial charge in [-0.1, -0.05) is 13.8 Å². The predicted octanol–water partition coefficient (Wildman–Crippen LogP) is 1.52. The van der Waals surface area contributed by atoms with Gasteiger partial charge in [-0.2, -0.15) is 5.84 Å². The fourth-order valence-electron chi connectivity index (χ4n) is 1.23. The maximum atomic E-state index is 5.82. The molecule has 2 N–H and O–H groups in total. The average molecular weight is 145 g/mol. The predicted molar refractivity (Wildman–Crippen MR) is 45.3 cm³/mol. The van der Waals surface area contributed by atoms with Crippen LogP contribution in [-0.4, -0.2) is 24.7 Å². The molecule has 0 spiro atoms. The molecular weight excluding hydrogens is 124 g/mol. The molecule has 0 aliphatic carbocycles. The van der Waals surface area contributed by atoms with Crippen molar-refractivity contribution in [2.45, 2.75) is 33.1 Å². The van der Waals surface area contributed by atoms with Crippen molar-refractivity contribution in [2.24, 2.45) is 5.84 Å². The zero-order valence-electron chi connectivity index (χ0n) is 7.56. The maximum Gasteiger partial charge on any atom is 0.0958 e. The Balaban J connectivity index is 0.000000371. The summed E-state index contributed by atoms with van der Waals surface area (Å²) in [6.45, 7) is 6.33. The van der Waals surface area contributed by atoms with Crippen LogP contribution in [0, 0.1) is 0 Å². The number of likely N-dealkylation sites (tertiary alicyclic amines) is 1. The van der Waals surface area contributed by atoms with Crippen LogP contribution in [-0.2, 0) is 0 Å². The summed E-state index contributed by atoms with van der Waals surface area (Å²) in [4.78, 5) is 0. The monoisotopic (exact) mass is 145 g/mol.